The average molecular weight is 226 g/mol. The number of hydrogen-bond acceptors (Lipinski definition) is 2. The number of rotatable bonds is 3. The van der Waals surface area contributed by atoms with Gasteiger partial charge in [0.1, 0.15) is 0 Å². The molecule has 0 fully saturated rings. The van der Waals surface area contributed by atoms with Crippen LogP contribution in [0.5, 0.6) is 0 Å². The Morgan fingerprint density at radius 2 is 1.71 bits per heavy atom. The van der Waals surface area contributed by atoms with E-state index < -0.39 is 0 Å². The molecule has 1 unspecified atom stereocenters. The van der Waals surface area contributed by atoms with Gasteiger partial charge in [0.15, 0.2) is 0 Å². The van der Waals surface area contributed by atoms with Crippen LogP contribution in [0.4, 0.5) is 0 Å². The fraction of sp³-hybridized carbons (Fsp3) is 0.267. The molecule has 0 saturated carbocycles. The molecule has 1 atom stereocenters. The molecule has 0 saturated heterocycles. The first-order chi connectivity index (χ1) is 8.22. The van der Waals surface area contributed by atoms with Crippen molar-refractivity contribution in [2.75, 3.05) is 7.05 Å². The number of benzene rings is 1. The van der Waals surface area contributed by atoms with Crippen molar-refractivity contribution in [1.82, 2.24) is 10.3 Å². The Balaban J connectivity index is 2.42. The van der Waals surface area contributed by atoms with Crippen molar-refractivity contribution >= 4 is 0 Å². The fourth-order valence-corrected chi connectivity index (χ4v) is 2.15. The van der Waals surface area contributed by atoms with E-state index in [4.69, 9.17) is 0 Å². The van der Waals surface area contributed by atoms with Gasteiger partial charge in [0.05, 0.1) is 6.04 Å². The molecule has 88 valence electrons. The third-order valence-electron chi connectivity index (χ3n) is 3.00. The molecule has 2 rings (SSSR count). The highest BCUT2D eigenvalue weighted by Crippen LogP contribution is 2.23. The summed E-state index contributed by atoms with van der Waals surface area (Å²) in [6.45, 7) is 4.09. The molecular weight excluding hydrogens is 208 g/mol. The van der Waals surface area contributed by atoms with E-state index in [2.05, 4.69) is 53.6 Å². The lowest BCUT2D eigenvalue weighted by atomic mass is 9.97. The normalized spacial score (nSPS) is 12.4. The number of aromatic nitrogens is 1. The van der Waals surface area contributed by atoms with Crippen LogP contribution < -0.4 is 5.32 Å². The number of aryl methyl sites for hydroxylation is 2. The summed E-state index contributed by atoms with van der Waals surface area (Å²) < 4.78 is 0. The lowest BCUT2D eigenvalue weighted by Gasteiger charge is -2.19. The van der Waals surface area contributed by atoms with Crippen LogP contribution in [0.25, 0.3) is 0 Å². The SMILES string of the molecule is CNC(c1ccccc1)c1ccc(C)nc1C. The first-order valence-corrected chi connectivity index (χ1v) is 5.88. The van der Waals surface area contributed by atoms with E-state index in [0.717, 1.165) is 11.4 Å². The smallest absolute Gasteiger partial charge is 0.0592 e. The van der Waals surface area contributed by atoms with Crippen LogP contribution in [0.2, 0.25) is 0 Å². The largest absolute Gasteiger partial charge is 0.309 e. The molecule has 0 aliphatic heterocycles. The van der Waals surface area contributed by atoms with Gasteiger partial charge >= 0.3 is 0 Å². The quantitative estimate of drug-likeness (QED) is 0.870. The third-order valence-corrected chi connectivity index (χ3v) is 3.00. The maximum atomic E-state index is 4.53. The van der Waals surface area contributed by atoms with Gasteiger partial charge in [-0.25, -0.2) is 0 Å². The zero-order chi connectivity index (χ0) is 12.3. The Morgan fingerprint density at radius 1 is 1.00 bits per heavy atom. The number of nitrogens with one attached hydrogen (secondary N) is 1. The minimum atomic E-state index is 0.212. The summed E-state index contributed by atoms with van der Waals surface area (Å²) >= 11 is 0. The van der Waals surface area contributed by atoms with Crippen LogP contribution in [-0.2, 0) is 0 Å². The molecule has 0 aliphatic carbocycles. The molecule has 2 aromatic rings. The van der Waals surface area contributed by atoms with E-state index in [-0.39, 0.29) is 6.04 Å². The van der Waals surface area contributed by atoms with Crippen molar-refractivity contribution in [3.63, 3.8) is 0 Å². The van der Waals surface area contributed by atoms with Gasteiger partial charge in [-0.2, -0.15) is 0 Å². The zero-order valence-electron chi connectivity index (χ0n) is 10.6. The Morgan fingerprint density at radius 3 is 2.29 bits per heavy atom. The predicted molar refractivity (Wildman–Crippen MR) is 71.1 cm³/mol. The van der Waals surface area contributed by atoms with Gasteiger partial charge in [-0.05, 0) is 38.1 Å². The molecule has 17 heavy (non-hydrogen) atoms. The van der Waals surface area contributed by atoms with Gasteiger partial charge in [0, 0.05) is 11.4 Å². The topological polar surface area (TPSA) is 24.9 Å². The highest BCUT2D eigenvalue weighted by Gasteiger charge is 2.14. The Hall–Kier alpha value is -1.67. The number of pyridine rings is 1. The molecule has 1 N–H and O–H groups in total. The number of nitrogens with zero attached hydrogens (tertiary/aromatic N) is 1. The first kappa shape index (κ1) is 11.8. The second-order valence-corrected chi connectivity index (χ2v) is 4.26. The van der Waals surface area contributed by atoms with E-state index in [1.807, 2.05) is 20.0 Å². The summed E-state index contributed by atoms with van der Waals surface area (Å²) in [6, 6.07) is 14.9. The summed E-state index contributed by atoms with van der Waals surface area (Å²) in [5, 5.41) is 3.35. The molecule has 1 aromatic heterocycles. The van der Waals surface area contributed by atoms with Crippen LogP contribution >= 0.6 is 0 Å². The zero-order valence-corrected chi connectivity index (χ0v) is 10.6. The number of hydrogen-bond donors (Lipinski definition) is 1. The van der Waals surface area contributed by atoms with Crippen LogP contribution in [0.15, 0.2) is 42.5 Å². The highest BCUT2D eigenvalue weighted by atomic mass is 14.9. The van der Waals surface area contributed by atoms with E-state index in [0.29, 0.717) is 0 Å². The molecule has 1 heterocycles. The molecule has 0 spiro atoms. The fourth-order valence-electron chi connectivity index (χ4n) is 2.15. The van der Waals surface area contributed by atoms with Crippen molar-refractivity contribution in [3.05, 3.63) is 65.0 Å². The molecule has 2 nitrogen and oxygen atoms in total. The maximum Gasteiger partial charge on any atom is 0.0592 e. The summed E-state index contributed by atoms with van der Waals surface area (Å²) in [5.74, 6) is 0. The monoisotopic (exact) mass is 226 g/mol. The van der Waals surface area contributed by atoms with Gasteiger partial charge in [-0.15, -0.1) is 0 Å². The molecule has 2 heteroatoms. The van der Waals surface area contributed by atoms with Gasteiger partial charge in [0.2, 0.25) is 0 Å². The Labute approximate surface area is 103 Å². The first-order valence-electron chi connectivity index (χ1n) is 5.88. The van der Waals surface area contributed by atoms with E-state index in [1.54, 1.807) is 0 Å². The molecule has 1 aromatic carbocycles. The van der Waals surface area contributed by atoms with E-state index in [9.17, 15) is 0 Å². The van der Waals surface area contributed by atoms with Crippen LogP contribution in [0.1, 0.15) is 28.6 Å². The van der Waals surface area contributed by atoms with Gasteiger partial charge in [0.25, 0.3) is 0 Å². The standard InChI is InChI=1S/C15H18N2/c1-11-9-10-14(12(2)17-11)15(16-3)13-7-5-4-6-8-13/h4-10,15-16H,1-3H3. The molecular formula is C15H18N2. The molecule has 0 radical (unpaired) electrons. The summed E-state index contributed by atoms with van der Waals surface area (Å²) in [6.07, 6.45) is 0. The summed E-state index contributed by atoms with van der Waals surface area (Å²) in [4.78, 5) is 4.53. The molecule has 0 aliphatic rings. The van der Waals surface area contributed by atoms with Crippen LogP contribution in [0, 0.1) is 13.8 Å². The van der Waals surface area contributed by atoms with Gasteiger partial charge in [-0.1, -0.05) is 36.4 Å². The second-order valence-electron chi connectivity index (χ2n) is 4.26. The van der Waals surface area contributed by atoms with Crippen molar-refractivity contribution < 1.29 is 0 Å². The minimum absolute atomic E-state index is 0.212. The van der Waals surface area contributed by atoms with Gasteiger partial charge in [-0.3, -0.25) is 4.98 Å². The predicted octanol–water partition coefficient (Wildman–Crippen LogP) is 3.01. The van der Waals surface area contributed by atoms with Crippen molar-refractivity contribution in [1.29, 1.82) is 0 Å². The lowest BCUT2D eigenvalue weighted by molar-refractivity contribution is 0.682. The third kappa shape index (κ3) is 2.53. The van der Waals surface area contributed by atoms with E-state index >= 15 is 0 Å². The van der Waals surface area contributed by atoms with Crippen LogP contribution in [0.3, 0.4) is 0 Å². The minimum Gasteiger partial charge on any atom is -0.309 e. The summed E-state index contributed by atoms with van der Waals surface area (Å²) in [7, 11) is 1.98. The maximum absolute atomic E-state index is 4.53. The Bertz CT molecular complexity index is 492. The Kier molecular flexibility index (Phi) is 3.55. The lowest BCUT2D eigenvalue weighted by Crippen LogP contribution is -2.19. The molecule has 0 amide bonds. The summed E-state index contributed by atoms with van der Waals surface area (Å²) in [5.41, 5.74) is 4.66. The van der Waals surface area contributed by atoms with Gasteiger partial charge < -0.3 is 5.32 Å². The average Bonchev–Trinajstić information content (AvgIpc) is 2.34. The van der Waals surface area contributed by atoms with Crippen LogP contribution in [-0.4, -0.2) is 12.0 Å². The van der Waals surface area contributed by atoms with Crippen molar-refractivity contribution in [3.8, 4) is 0 Å². The second kappa shape index (κ2) is 5.11. The van der Waals surface area contributed by atoms with Crippen molar-refractivity contribution in [2.24, 2.45) is 0 Å². The highest BCUT2D eigenvalue weighted by molar-refractivity contribution is 5.34. The van der Waals surface area contributed by atoms with Crippen molar-refractivity contribution in [2.45, 2.75) is 19.9 Å². The molecule has 0 bridgehead atoms. The van der Waals surface area contributed by atoms with E-state index in [1.165, 1.54) is 11.1 Å².